The van der Waals surface area contributed by atoms with E-state index >= 15 is 0 Å². The summed E-state index contributed by atoms with van der Waals surface area (Å²) in [6.07, 6.45) is 0.538. The van der Waals surface area contributed by atoms with Gasteiger partial charge in [-0.25, -0.2) is 4.98 Å². The minimum Gasteiger partial charge on any atom is -0.496 e. The van der Waals surface area contributed by atoms with E-state index in [4.69, 9.17) is 24.7 Å². The summed E-state index contributed by atoms with van der Waals surface area (Å²) in [6, 6.07) is 11.4. The molecule has 0 spiro atoms. The lowest BCUT2D eigenvalue weighted by molar-refractivity contribution is 0.356. The van der Waals surface area contributed by atoms with Gasteiger partial charge in [-0.3, -0.25) is 0 Å². The van der Waals surface area contributed by atoms with Gasteiger partial charge in [-0.2, -0.15) is 0 Å². The van der Waals surface area contributed by atoms with E-state index in [0.29, 0.717) is 23.7 Å². The summed E-state index contributed by atoms with van der Waals surface area (Å²) in [5.41, 5.74) is 8.77. The number of rotatable bonds is 6. The highest BCUT2D eigenvalue weighted by molar-refractivity contribution is 5.85. The first-order chi connectivity index (χ1) is 12.6. The van der Waals surface area contributed by atoms with E-state index in [1.165, 1.54) is 0 Å². The maximum Gasteiger partial charge on any atom is 0.162 e. The zero-order chi connectivity index (χ0) is 18.7. The molecule has 2 N–H and O–H groups in total. The van der Waals surface area contributed by atoms with Crippen LogP contribution in [0.2, 0.25) is 0 Å². The van der Waals surface area contributed by atoms with Gasteiger partial charge < -0.3 is 24.7 Å². The average molecular weight is 354 g/mol. The molecule has 0 fully saturated rings. The molecule has 0 bridgehead atoms. The predicted octanol–water partition coefficient (Wildman–Crippen LogP) is 3.44. The normalized spacial score (nSPS) is 10.6. The van der Waals surface area contributed by atoms with Crippen LogP contribution in [-0.2, 0) is 6.42 Å². The van der Waals surface area contributed by atoms with E-state index in [1.807, 2.05) is 36.4 Å². The van der Waals surface area contributed by atoms with Crippen LogP contribution in [0.5, 0.6) is 23.0 Å². The van der Waals surface area contributed by atoms with Crippen molar-refractivity contribution >= 4 is 16.7 Å². The molecule has 3 aromatic rings. The molecule has 3 rings (SSSR count). The summed E-state index contributed by atoms with van der Waals surface area (Å²) >= 11 is 0. The molecule has 6 heteroatoms. The third kappa shape index (κ3) is 3.18. The van der Waals surface area contributed by atoms with Crippen molar-refractivity contribution in [1.29, 1.82) is 0 Å². The molecule has 0 amide bonds. The van der Waals surface area contributed by atoms with E-state index in [2.05, 4.69) is 4.98 Å². The van der Waals surface area contributed by atoms with Gasteiger partial charge in [0.05, 0.1) is 34.0 Å². The first-order valence-electron chi connectivity index (χ1n) is 8.12. The van der Waals surface area contributed by atoms with E-state index in [9.17, 15) is 0 Å². The highest BCUT2D eigenvalue weighted by Gasteiger charge is 2.15. The van der Waals surface area contributed by atoms with Crippen LogP contribution in [0, 0.1) is 0 Å². The Balaban J connectivity index is 2.10. The van der Waals surface area contributed by atoms with E-state index < -0.39 is 0 Å². The quantitative estimate of drug-likeness (QED) is 0.731. The number of methoxy groups -OCH3 is 4. The molecule has 136 valence electrons. The van der Waals surface area contributed by atoms with Gasteiger partial charge >= 0.3 is 0 Å². The van der Waals surface area contributed by atoms with Crippen LogP contribution < -0.4 is 24.7 Å². The van der Waals surface area contributed by atoms with E-state index in [-0.39, 0.29) is 0 Å². The van der Waals surface area contributed by atoms with Gasteiger partial charge in [0.1, 0.15) is 17.3 Å². The number of nitrogens with zero attached hydrogens (tertiary/aromatic N) is 1. The largest absolute Gasteiger partial charge is 0.496 e. The third-order valence-electron chi connectivity index (χ3n) is 4.33. The number of aromatic nitrogens is 1. The second-order valence-corrected chi connectivity index (χ2v) is 5.75. The summed E-state index contributed by atoms with van der Waals surface area (Å²) in [6.45, 7) is 0. The second-order valence-electron chi connectivity index (χ2n) is 5.75. The third-order valence-corrected chi connectivity index (χ3v) is 4.33. The van der Waals surface area contributed by atoms with Gasteiger partial charge in [0, 0.05) is 23.4 Å². The van der Waals surface area contributed by atoms with Crippen molar-refractivity contribution in [2.45, 2.75) is 6.42 Å². The van der Waals surface area contributed by atoms with Crippen LogP contribution in [0.25, 0.3) is 10.9 Å². The molecular weight excluding hydrogens is 332 g/mol. The Labute approximate surface area is 152 Å². The van der Waals surface area contributed by atoms with Gasteiger partial charge in [0.2, 0.25) is 0 Å². The van der Waals surface area contributed by atoms with Crippen LogP contribution in [0.1, 0.15) is 11.1 Å². The van der Waals surface area contributed by atoms with Gasteiger partial charge in [-0.1, -0.05) is 6.07 Å². The molecular formula is C20H22N2O4. The lowest BCUT2D eigenvalue weighted by atomic mass is 10.0. The summed E-state index contributed by atoms with van der Waals surface area (Å²) in [5.74, 6) is 3.21. The Morgan fingerprint density at radius 1 is 0.808 bits per heavy atom. The van der Waals surface area contributed by atoms with Crippen molar-refractivity contribution < 1.29 is 18.9 Å². The average Bonchev–Trinajstić information content (AvgIpc) is 2.67. The molecule has 6 nitrogen and oxygen atoms in total. The maximum atomic E-state index is 6.21. The SMILES string of the molecule is COc1cc2cc(Cc3c(OC)cccc3OC)c(N)nc2cc1OC. The van der Waals surface area contributed by atoms with Crippen molar-refractivity contribution in [3.05, 3.63) is 47.5 Å². The fourth-order valence-electron chi connectivity index (χ4n) is 2.99. The van der Waals surface area contributed by atoms with E-state index in [0.717, 1.165) is 33.5 Å². The molecule has 2 aromatic carbocycles. The monoisotopic (exact) mass is 354 g/mol. The number of pyridine rings is 1. The van der Waals surface area contributed by atoms with Crippen molar-refractivity contribution in [3.63, 3.8) is 0 Å². The molecule has 26 heavy (non-hydrogen) atoms. The van der Waals surface area contributed by atoms with E-state index in [1.54, 1.807) is 28.4 Å². The molecule has 0 aliphatic carbocycles. The fourth-order valence-corrected chi connectivity index (χ4v) is 2.99. The minimum absolute atomic E-state index is 0.456. The Morgan fingerprint density at radius 3 is 1.96 bits per heavy atom. The molecule has 0 atom stereocenters. The zero-order valence-corrected chi connectivity index (χ0v) is 15.3. The van der Waals surface area contributed by atoms with Gasteiger partial charge in [-0.05, 0) is 29.8 Å². The Hall–Kier alpha value is -3.15. The van der Waals surface area contributed by atoms with Crippen LogP contribution in [0.4, 0.5) is 5.82 Å². The lowest BCUT2D eigenvalue weighted by Crippen LogP contribution is -2.03. The van der Waals surface area contributed by atoms with Crippen LogP contribution in [0.3, 0.4) is 0 Å². The highest BCUT2D eigenvalue weighted by Crippen LogP contribution is 2.35. The van der Waals surface area contributed by atoms with Gasteiger partial charge in [0.25, 0.3) is 0 Å². The molecule has 0 saturated carbocycles. The Bertz CT molecular complexity index is 918. The number of ether oxygens (including phenoxy) is 4. The first kappa shape index (κ1) is 17.7. The van der Waals surface area contributed by atoms with Crippen LogP contribution >= 0.6 is 0 Å². The highest BCUT2D eigenvalue weighted by atomic mass is 16.5. The van der Waals surface area contributed by atoms with Crippen molar-refractivity contribution in [2.24, 2.45) is 0 Å². The minimum atomic E-state index is 0.456. The molecule has 0 aliphatic rings. The fraction of sp³-hybridized carbons (Fsp3) is 0.250. The summed E-state index contributed by atoms with van der Waals surface area (Å²) in [4.78, 5) is 4.53. The molecule has 0 saturated heterocycles. The van der Waals surface area contributed by atoms with Crippen molar-refractivity contribution in [2.75, 3.05) is 34.2 Å². The Kier molecular flexibility index (Phi) is 5.02. The summed E-state index contributed by atoms with van der Waals surface area (Å²) < 4.78 is 21.7. The lowest BCUT2D eigenvalue weighted by Gasteiger charge is -2.15. The molecule has 1 aromatic heterocycles. The van der Waals surface area contributed by atoms with Crippen molar-refractivity contribution in [3.8, 4) is 23.0 Å². The summed E-state index contributed by atoms with van der Waals surface area (Å²) in [7, 11) is 6.47. The number of benzene rings is 2. The number of fused-ring (bicyclic) bond motifs is 1. The predicted molar refractivity (Wildman–Crippen MR) is 102 cm³/mol. The number of nitrogen functional groups attached to an aromatic ring is 1. The smallest absolute Gasteiger partial charge is 0.162 e. The van der Waals surface area contributed by atoms with Crippen LogP contribution in [-0.4, -0.2) is 33.4 Å². The topological polar surface area (TPSA) is 75.8 Å². The van der Waals surface area contributed by atoms with Crippen molar-refractivity contribution in [1.82, 2.24) is 4.98 Å². The van der Waals surface area contributed by atoms with Crippen LogP contribution in [0.15, 0.2) is 36.4 Å². The first-order valence-corrected chi connectivity index (χ1v) is 8.12. The molecule has 1 heterocycles. The number of nitrogens with two attached hydrogens (primary N) is 1. The maximum absolute atomic E-state index is 6.21. The summed E-state index contributed by atoms with van der Waals surface area (Å²) in [5, 5.41) is 0.917. The number of hydrogen-bond acceptors (Lipinski definition) is 6. The Morgan fingerprint density at radius 2 is 1.38 bits per heavy atom. The number of anilines is 1. The molecule has 0 aliphatic heterocycles. The van der Waals surface area contributed by atoms with Gasteiger partial charge in [-0.15, -0.1) is 0 Å². The zero-order valence-electron chi connectivity index (χ0n) is 15.3. The second kappa shape index (κ2) is 7.39. The standard InChI is InChI=1S/C20H22N2O4/c1-23-16-6-5-7-17(24-2)14(16)9-13-8-12-10-18(25-3)19(26-4)11-15(12)22-20(13)21/h5-8,10-11H,9H2,1-4H3,(H2,21,22). The molecule has 0 radical (unpaired) electrons. The number of hydrogen-bond donors (Lipinski definition) is 1. The van der Waals surface area contributed by atoms with Gasteiger partial charge in [0.15, 0.2) is 11.5 Å². The molecule has 0 unspecified atom stereocenters.